The number of hydrogen-bond donors (Lipinski definition) is 1. The Kier molecular flexibility index (Phi) is 5.44. The van der Waals surface area contributed by atoms with E-state index in [1.54, 1.807) is 0 Å². The third-order valence-corrected chi connectivity index (χ3v) is 3.23. The van der Waals surface area contributed by atoms with E-state index < -0.39 is 0 Å². The summed E-state index contributed by atoms with van der Waals surface area (Å²) < 4.78 is 0. The van der Waals surface area contributed by atoms with Crippen LogP contribution in [0.25, 0.3) is 0 Å². The summed E-state index contributed by atoms with van der Waals surface area (Å²) in [6.45, 7) is 2.32. The Morgan fingerprint density at radius 3 is 2.80 bits per heavy atom. The number of piperidine rings is 1. The van der Waals surface area contributed by atoms with E-state index in [0.29, 0.717) is 0 Å². The van der Waals surface area contributed by atoms with Crippen LogP contribution in [0.2, 0.25) is 5.02 Å². The molecule has 0 aliphatic carbocycles. The Bertz CT molecular complexity index is 295. The van der Waals surface area contributed by atoms with E-state index in [2.05, 4.69) is 17.4 Å². The lowest BCUT2D eigenvalue weighted by Crippen LogP contribution is -2.30. The molecular weight excluding hydrogens is 229 g/mol. The normalized spacial score (nSPS) is 20.7. The topological polar surface area (TPSA) is 12.0 Å². The van der Waals surface area contributed by atoms with Crippen LogP contribution in [0.15, 0.2) is 24.3 Å². The Morgan fingerprint density at radius 1 is 1.33 bits per heavy atom. The highest BCUT2D eigenvalue weighted by Gasteiger charge is 2.14. The standard InChI is InChI=1S/C12H16ClN.ClH/c13-12-6-2-1-5-11(12)8-10-4-3-7-14-9-10;/h1-2,5-6,10,14H,3-4,7-9H2;1H. The van der Waals surface area contributed by atoms with Crippen molar-refractivity contribution in [3.05, 3.63) is 34.9 Å². The van der Waals surface area contributed by atoms with Crippen molar-refractivity contribution in [3.8, 4) is 0 Å². The molecule has 2 rings (SSSR count). The average molecular weight is 246 g/mol. The van der Waals surface area contributed by atoms with Crippen molar-refractivity contribution >= 4 is 24.0 Å². The van der Waals surface area contributed by atoms with Crippen molar-refractivity contribution in [2.75, 3.05) is 13.1 Å². The molecule has 1 aromatic rings. The van der Waals surface area contributed by atoms with E-state index in [1.165, 1.54) is 24.9 Å². The highest BCUT2D eigenvalue weighted by Crippen LogP contribution is 2.21. The monoisotopic (exact) mass is 245 g/mol. The molecule has 1 heterocycles. The first-order valence-electron chi connectivity index (χ1n) is 5.30. The second kappa shape index (κ2) is 6.37. The molecule has 3 heteroatoms. The van der Waals surface area contributed by atoms with Crippen LogP contribution in [0.5, 0.6) is 0 Å². The van der Waals surface area contributed by atoms with Gasteiger partial charge in [0.25, 0.3) is 0 Å². The molecule has 0 saturated carbocycles. The zero-order valence-corrected chi connectivity index (χ0v) is 10.3. The summed E-state index contributed by atoms with van der Waals surface area (Å²) in [5, 5.41) is 4.35. The van der Waals surface area contributed by atoms with Gasteiger partial charge in [0, 0.05) is 5.02 Å². The van der Waals surface area contributed by atoms with E-state index in [4.69, 9.17) is 11.6 Å². The number of hydrogen-bond acceptors (Lipinski definition) is 1. The van der Waals surface area contributed by atoms with Gasteiger partial charge >= 0.3 is 0 Å². The number of benzene rings is 1. The zero-order valence-electron chi connectivity index (χ0n) is 8.71. The number of nitrogens with one attached hydrogen (secondary N) is 1. The van der Waals surface area contributed by atoms with Gasteiger partial charge in [-0.25, -0.2) is 0 Å². The molecule has 0 aromatic heterocycles. The Labute approximate surface area is 103 Å². The molecule has 1 unspecified atom stereocenters. The average Bonchev–Trinajstić information content (AvgIpc) is 2.23. The van der Waals surface area contributed by atoms with Gasteiger partial charge in [0.05, 0.1) is 0 Å². The molecule has 1 aliphatic heterocycles. The predicted molar refractivity (Wildman–Crippen MR) is 68.0 cm³/mol. The molecule has 1 aliphatic rings. The first kappa shape index (κ1) is 12.8. The summed E-state index contributed by atoms with van der Waals surface area (Å²) in [5.41, 5.74) is 1.29. The third-order valence-electron chi connectivity index (χ3n) is 2.87. The van der Waals surface area contributed by atoms with Gasteiger partial charge in [-0.3, -0.25) is 0 Å². The van der Waals surface area contributed by atoms with Crippen LogP contribution in [-0.2, 0) is 6.42 Å². The Balaban J connectivity index is 0.00000112. The summed E-state index contributed by atoms with van der Waals surface area (Å²) in [6, 6.07) is 8.17. The van der Waals surface area contributed by atoms with Crippen LogP contribution in [0.3, 0.4) is 0 Å². The molecule has 1 fully saturated rings. The number of rotatable bonds is 2. The van der Waals surface area contributed by atoms with Crippen LogP contribution in [0.4, 0.5) is 0 Å². The second-order valence-electron chi connectivity index (χ2n) is 4.01. The van der Waals surface area contributed by atoms with Gasteiger partial charge in [0.1, 0.15) is 0 Å². The van der Waals surface area contributed by atoms with E-state index in [-0.39, 0.29) is 12.4 Å². The van der Waals surface area contributed by atoms with Crippen molar-refractivity contribution in [1.29, 1.82) is 0 Å². The molecule has 0 bridgehead atoms. The summed E-state index contributed by atoms with van der Waals surface area (Å²) >= 11 is 6.12. The van der Waals surface area contributed by atoms with Crippen molar-refractivity contribution in [2.24, 2.45) is 5.92 Å². The fraction of sp³-hybridized carbons (Fsp3) is 0.500. The molecule has 0 amide bonds. The van der Waals surface area contributed by atoms with Crippen LogP contribution in [0, 0.1) is 5.92 Å². The molecular formula is C12H17Cl2N. The van der Waals surface area contributed by atoms with E-state index in [1.807, 2.05) is 12.1 Å². The zero-order chi connectivity index (χ0) is 9.80. The third kappa shape index (κ3) is 3.67. The first-order chi connectivity index (χ1) is 6.86. The Morgan fingerprint density at radius 2 is 2.13 bits per heavy atom. The number of halogens is 2. The highest BCUT2D eigenvalue weighted by atomic mass is 35.5. The summed E-state index contributed by atoms with van der Waals surface area (Å²) in [7, 11) is 0. The summed E-state index contributed by atoms with van der Waals surface area (Å²) in [6.07, 6.45) is 3.75. The van der Waals surface area contributed by atoms with Crippen LogP contribution in [0.1, 0.15) is 18.4 Å². The molecule has 1 nitrogen and oxygen atoms in total. The maximum atomic E-state index is 6.12. The van der Waals surface area contributed by atoms with Crippen molar-refractivity contribution < 1.29 is 0 Å². The lowest BCUT2D eigenvalue weighted by atomic mass is 9.92. The molecule has 1 aromatic carbocycles. The molecule has 1 atom stereocenters. The molecule has 1 saturated heterocycles. The van der Waals surface area contributed by atoms with Gasteiger partial charge in [-0.15, -0.1) is 12.4 Å². The minimum Gasteiger partial charge on any atom is -0.316 e. The molecule has 0 radical (unpaired) electrons. The van der Waals surface area contributed by atoms with Gasteiger partial charge in [-0.2, -0.15) is 0 Å². The molecule has 0 spiro atoms. The lowest BCUT2D eigenvalue weighted by Gasteiger charge is -2.22. The Hall–Kier alpha value is -0.240. The second-order valence-corrected chi connectivity index (χ2v) is 4.42. The quantitative estimate of drug-likeness (QED) is 0.844. The van der Waals surface area contributed by atoms with Gasteiger partial charge in [-0.05, 0) is 49.9 Å². The minimum atomic E-state index is 0. The van der Waals surface area contributed by atoms with E-state index in [0.717, 1.165) is 23.9 Å². The molecule has 1 N–H and O–H groups in total. The fourth-order valence-corrected chi connectivity index (χ4v) is 2.29. The highest BCUT2D eigenvalue weighted by molar-refractivity contribution is 6.31. The van der Waals surface area contributed by atoms with Crippen LogP contribution < -0.4 is 5.32 Å². The van der Waals surface area contributed by atoms with Gasteiger partial charge in [0.2, 0.25) is 0 Å². The van der Waals surface area contributed by atoms with Crippen molar-refractivity contribution in [3.63, 3.8) is 0 Å². The van der Waals surface area contributed by atoms with Crippen LogP contribution >= 0.6 is 24.0 Å². The molecule has 84 valence electrons. The predicted octanol–water partition coefficient (Wildman–Crippen LogP) is 3.30. The lowest BCUT2D eigenvalue weighted by molar-refractivity contribution is 0.376. The van der Waals surface area contributed by atoms with Gasteiger partial charge in [-0.1, -0.05) is 29.8 Å². The summed E-state index contributed by atoms with van der Waals surface area (Å²) in [5.74, 6) is 0.767. The molecule has 15 heavy (non-hydrogen) atoms. The fourth-order valence-electron chi connectivity index (χ4n) is 2.07. The smallest absolute Gasteiger partial charge is 0.0438 e. The largest absolute Gasteiger partial charge is 0.316 e. The summed E-state index contributed by atoms with van der Waals surface area (Å²) in [4.78, 5) is 0. The van der Waals surface area contributed by atoms with E-state index >= 15 is 0 Å². The maximum absolute atomic E-state index is 6.12. The minimum absolute atomic E-state index is 0. The van der Waals surface area contributed by atoms with Crippen molar-refractivity contribution in [2.45, 2.75) is 19.3 Å². The van der Waals surface area contributed by atoms with Gasteiger partial charge < -0.3 is 5.32 Å². The maximum Gasteiger partial charge on any atom is 0.0438 e. The van der Waals surface area contributed by atoms with Crippen molar-refractivity contribution in [1.82, 2.24) is 5.32 Å². The van der Waals surface area contributed by atoms with Crippen LogP contribution in [-0.4, -0.2) is 13.1 Å². The van der Waals surface area contributed by atoms with E-state index in [9.17, 15) is 0 Å². The first-order valence-corrected chi connectivity index (χ1v) is 5.68. The van der Waals surface area contributed by atoms with Gasteiger partial charge in [0.15, 0.2) is 0 Å². The SMILES string of the molecule is Cl.Clc1ccccc1CC1CCCNC1.